The average molecular weight is 752 g/mol. The Kier molecular flexibility index (Phi) is 6.69. The molecule has 13 rings (SSSR count). The van der Waals surface area contributed by atoms with Gasteiger partial charge < -0.3 is 13.6 Å². The van der Waals surface area contributed by atoms with Gasteiger partial charge in [-0.2, -0.15) is 0 Å². The van der Waals surface area contributed by atoms with Gasteiger partial charge in [-0.05, 0) is 122 Å². The van der Waals surface area contributed by atoms with E-state index in [-0.39, 0.29) is 0 Å². The van der Waals surface area contributed by atoms with Crippen molar-refractivity contribution in [3.63, 3.8) is 0 Å². The third-order valence-corrected chi connectivity index (χ3v) is 12.3. The van der Waals surface area contributed by atoms with E-state index in [1.54, 1.807) is 0 Å². The summed E-state index contributed by atoms with van der Waals surface area (Å²) in [5, 5.41) is 12.4. The largest absolute Gasteiger partial charge is 0.436 e. The molecular formula is C55H33N3O. The van der Waals surface area contributed by atoms with Gasteiger partial charge in [-0.1, -0.05) is 121 Å². The van der Waals surface area contributed by atoms with Crippen molar-refractivity contribution in [2.75, 3.05) is 0 Å². The van der Waals surface area contributed by atoms with Crippen molar-refractivity contribution in [2.24, 2.45) is 0 Å². The topological polar surface area (TPSA) is 35.9 Å². The summed E-state index contributed by atoms with van der Waals surface area (Å²) < 4.78 is 11.3. The van der Waals surface area contributed by atoms with Crippen molar-refractivity contribution in [3.8, 4) is 34.0 Å². The Morgan fingerprint density at radius 1 is 0.305 bits per heavy atom. The van der Waals surface area contributed by atoms with Crippen molar-refractivity contribution >= 4 is 87.0 Å². The summed E-state index contributed by atoms with van der Waals surface area (Å²) >= 11 is 0. The first-order valence-electron chi connectivity index (χ1n) is 20.1. The van der Waals surface area contributed by atoms with Crippen LogP contribution in [0.5, 0.6) is 0 Å². The Bertz CT molecular complexity index is 3810. The highest BCUT2D eigenvalue weighted by Crippen LogP contribution is 2.40. The lowest BCUT2D eigenvalue weighted by atomic mass is 9.94. The first kappa shape index (κ1) is 32.2. The fourth-order valence-electron chi connectivity index (χ4n) is 9.65. The van der Waals surface area contributed by atoms with Crippen molar-refractivity contribution in [1.82, 2.24) is 14.1 Å². The van der Waals surface area contributed by atoms with Crippen LogP contribution in [-0.4, -0.2) is 14.1 Å². The molecular weight excluding hydrogens is 719 g/mol. The molecule has 0 aliphatic carbocycles. The van der Waals surface area contributed by atoms with E-state index in [4.69, 9.17) is 9.40 Å². The molecule has 0 bridgehead atoms. The first-order valence-corrected chi connectivity index (χ1v) is 20.1. The second kappa shape index (κ2) is 12.3. The standard InChI is InChI=1S/C55H33N3O/c1-2-12-37(13-3-1)57-50-20-10-8-18-44(50)47-30-34(23-28-52(47)57)35-22-27-49-54(32-35)59-55(56-49)36-24-29-53-48(31-36)45-19-9-11-21-51(45)58(53)38-25-26-43-41-16-5-4-14-39(41)40-15-6-7-17-42(40)46(43)33-38/h1-33H. The van der Waals surface area contributed by atoms with Crippen LogP contribution in [0.1, 0.15) is 0 Å². The fourth-order valence-corrected chi connectivity index (χ4v) is 9.65. The molecule has 3 aromatic heterocycles. The second-order valence-electron chi connectivity index (χ2n) is 15.5. The zero-order valence-corrected chi connectivity index (χ0v) is 31.8. The molecule has 59 heavy (non-hydrogen) atoms. The summed E-state index contributed by atoms with van der Waals surface area (Å²) in [6.07, 6.45) is 0. The zero-order valence-electron chi connectivity index (χ0n) is 31.8. The Hall–Kier alpha value is -7.95. The molecule has 10 aromatic carbocycles. The number of oxazole rings is 1. The molecule has 4 heteroatoms. The molecule has 0 atom stereocenters. The normalized spacial score (nSPS) is 12.1. The van der Waals surface area contributed by atoms with Crippen molar-refractivity contribution in [3.05, 3.63) is 200 Å². The van der Waals surface area contributed by atoms with E-state index in [0.717, 1.165) is 55.6 Å². The molecule has 4 nitrogen and oxygen atoms in total. The van der Waals surface area contributed by atoms with Gasteiger partial charge in [0.25, 0.3) is 0 Å². The van der Waals surface area contributed by atoms with E-state index in [2.05, 4.69) is 209 Å². The number of aromatic nitrogens is 3. The van der Waals surface area contributed by atoms with Crippen LogP contribution in [0.15, 0.2) is 205 Å². The molecule has 274 valence electrons. The van der Waals surface area contributed by atoms with E-state index < -0.39 is 0 Å². The lowest BCUT2D eigenvalue weighted by Gasteiger charge is -2.13. The number of benzene rings is 10. The molecule has 0 aliphatic rings. The van der Waals surface area contributed by atoms with Crippen LogP contribution in [0.2, 0.25) is 0 Å². The van der Waals surface area contributed by atoms with Gasteiger partial charge >= 0.3 is 0 Å². The van der Waals surface area contributed by atoms with E-state index >= 15 is 0 Å². The predicted molar refractivity (Wildman–Crippen MR) is 246 cm³/mol. The number of rotatable bonds is 4. The van der Waals surface area contributed by atoms with Crippen LogP contribution in [0, 0.1) is 0 Å². The summed E-state index contributed by atoms with van der Waals surface area (Å²) in [7, 11) is 0. The highest BCUT2D eigenvalue weighted by molar-refractivity contribution is 6.25. The highest BCUT2D eigenvalue weighted by Gasteiger charge is 2.18. The predicted octanol–water partition coefficient (Wildman–Crippen LogP) is 14.8. The third-order valence-electron chi connectivity index (χ3n) is 12.3. The van der Waals surface area contributed by atoms with Gasteiger partial charge in [-0.3, -0.25) is 0 Å². The monoisotopic (exact) mass is 751 g/mol. The Morgan fingerprint density at radius 3 is 1.44 bits per heavy atom. The van der Waals surface area contributed by atoms with E-state index in [9.17, 15) is 0 Å². The minimum atomic E-state index is 0.612. The molecule has 0 spiro atoms. The second-order valence-corrected chi connectivity index (χ2v) is 15.5. The summed E-state index contributed by atoms with van der Waals surface area (Å²) in [5.41, 5.74) is 11.7. The van der Waals surface area contributed by atoms with Crippen LogP contribution in [0.25, 0.3) is 121 Å². The zero-order chi connectivity index (χ0) is 38.6. The minimum Gasteiger partial charge on any atom is -0.436 e. The van der Waals surface area contributed by atoms with Crippen molar-refractivity contribution in [1.29, 1.82) is 0 Å². The molecule has 0 saturated heterocycles. The lowest BCUT2D eigenvalue weighted by molar-refractivity contribution is 0.620. The highest BCUT2D eigenvalue weighted by atomic mass is 16.3. The number of hydrogen-bond acceptors (Lipinski definition) is 2. The van der Waals surface area contributed by atoms with E-state index in [1.807, 2.05) is 0 Å². The third kappa shape index (κ3) is 4.75. The maximum atomic E-state index is 6.59. The number of para-hydroxylation sites is 3. The molecule has 0 amide bonds. The maximum absolute atomic E-state index is 6.59. The lowest BCUT2D eigenvalue weighted by Crippen LogP contribution is -1.94. The molecule has 0 radical (unpaired) electrons. The quantitative estimate of drug-likeness (QED) is 0.168. The Labute approximate surface area is 338 Å². The Balaban J connectivity index is 0.919. The van der Waals surface area contributed by atoms with Gasteiger partial charge in [0.05, 0.1) is 22.1 Å². The van der Waals surface area contributed by atoms with Gasteiger partial charge in [0.15, 0.2) is 5.58 Å². The first-order chi connectivity index (χ1) is 29.2. The SMILES string of the molecule is c1ccc(-n2c3ccccc3c3cc(-c4ccc5nc(-c6ccc7c(c6)c6ccccc6n7-c6ccc7c8ccccc8c8ccccc8c7c6)oc5c4)ccc32)cc1. The van der Waals surface area contributed by atoms with Gasteiger partial charge in [0, 0.05) is 38.5 Å². The van der Waals surface area contributed by atoms with Crippen LogP contribution in [0.4, 0.5) is 0 Å². The average Bonchev–Trinajstić information content (AvgIpc) is 3.99. The molecule has 0 saturated carbocycles. The van der Waals surface area contributed by atoms with Gasteiger partial charge in [-0.15, -0.1) is 0 Å². The van der Waals surface area contributed by atoms with E-state index in [0.29, 0.717) is 5.89 Å². The maximum Gasteiger partial charge on any atom is 0.227 e. The smallest absolute Gasteiger partial charge is 0.227 e. The van der Waals surface area contributed by atoms with Gasteiger partial charge in [0.1, 0.15) is 5.52 Å². The molecule has 0 aliphatic heterocycles. The molecule has 0 fully saturated rings. The number of hydrogen-bond donors (Lipinski definition) is 0. The minimum absolute atomic E-state index is 0.612. The van der Waals surface area contributed by atoms with Gasteiger partial charge in [-0.25, -0.2) is 4.98 Å². The summed E-state index contributed by atoms with van der Waals surface area (Å²) in [6, 6.07) is 72.0. The van der Waals surface area contributed by atoms with Crippen molar-refractivity contribution in [2.45, 2.75) is 0 Å². The van der Waals surface area contributed by atoms with Crippen LogP contribution in [-0.2, 0) is 0 Å². The summed E-state index contributed by atoms with van der Waals surface area (Å²) in [5.74, 6) is 0.612. The molecule has 3 heterocycles. The van der Waals surface area contributed by atoms with Crippen LogP contribution in [0.3, 0.4) is 0 Å². The number of nitrogens with zero attached hydrogens (tertiary/aromatic N) is 3. The Morgan fingerprint density at radius 2 is 0.780 bits per heavy atom. The fraction of sp³-hybridized carbons (Fsp3) is 0. The van der Waals surface area contributed by atoms with Crippen LogP contribution >= 0.6 is 0 Å². The molecule has 0 N–H and O–H groups in total. The van der Waals surface area contributed by atoms with Crippen molar-refractivity contribution < 1.29 is 4.42 Å². The summed E-state index contributed by atoms with van der Waals surface area (Å²) in [6.45, 7) is 0. The number of fused-ring (bicyclic) bond motifs is 13. The molecule has 0 unspecified atom stereocenters. The van der Waals surface area contributed by atoms with Crippen LogP contribution < -0.4 is 0 Å². The molecule has 13 aromatic rings. The van der Waals surface area contributed by atoms with Gasteiger partial charge in [0.2, 0.25) is 5.89 Å². The summed E-state index contributed by atoms with van der Waals surface area (Å²) in [4.78, 5) is 5.01. The van der Waals surface area contributed by atoms with E-state index in [1.165, 1.54) is 59.5 Å².